The van der Waals surface area contributed by atoms with E-state index >= 15 is 0 Å². The average molecular weight is 309 g/mol. The number of rotatable bonds is 1. The molecule has 0 spiro atoms. The number of phenolic OH excluding ortho intramolecular Hbond substituents is 2. The molecule has 4 N–H and O–H groups in total. The summed E-state index contributed by atoms with van der Waals surface area (Å²) < 4.78 is 5.57. The fraction of sp³-hybridized carbons (Fsp3) is 0. The zero-order valence-corrected chi connectivity index (χ0v) is 11.7. The maximum absolute atomic E-state index is 12.3. The summed E-state index contributed by atoms with van der Waals surface area (Å²) in [5, 5.41) is 30.3. The molecule has 0 amide bonds. The molecule has 0 saturated carbocycles. The molecule has 6 nitrogen and oxygen atoms in total. The molecule has 0 bridgehead atoms. The van der Waals surface area contributed by atoms with Gasteiger partial charge in [-0.25, -0.2) is 0 Å². The van der Waals surface area contributed by atoms with Gasteiger partial charge in [-0.3, -0.25) is 4.79 Å². The van der Waals surface area contributed by atoms with Crippen LogP contribution in [0.25, 0.3) is 33.2 Å². The molecule has 114 valence electrons. The fourth-order valence-electron chi connectivity index (χ4n) is 2.67. The molecular weight excluding hydrogens is 298 g/mol. The van der Waals surface area contributed by atoms with Crippen molar-refractivity contribution in [1.82, 2.24) is 4.98 Å². The van der Waals surface area contributed by atoms with Gasteiger partial charge in [0.05, 0.1) is 0 Å². The highest BCUT2D eigenvalue weighted by atomic mass is 16.4. The highest BCUT2D eigenvalue weighted by Gasteiger charge is 2.18. The zero-order chi connectivity index (χ0) is 16.1. The summed E-state index contributed by atoms with van der Waals surface area (Å²) in [4.78, 5) is 15.4. The molecule has 0 aliphatic rings. The Morgan fingerprint density at radius 3 is 2.65 bits per heavy atom. The summed E-state index contributed by atoms with van der Waals surface area (Å²) in [6.45, 7) is 0. The minimum Gasteiger partial charge on any atom is -0.508 e. The third kappa shape index (κ3) is 1.92. The first-order valence-electron chi connectivity index (χ1n) is 6.84. The van der Waals surface area contributed by atoms with Crippen LogP contribution in [0.5, 0.6) is 17.2 Å². The largest absolute Gasteiger partial charge is 0.508 e. The van der Waals surface area contributed by atoms with Crippen LogP contribution >= 0.6 is 0 Å². The monoisotopic (exact) mass is 309 g/mol. The van der Waals surface area contributed by atoms with E-state index in [1.807, 2.05) is 6.07 Å². The van der Waals surface area contributed by atoms with Crippen molar-refractivity contribution < 1.29 is 19.7 Å². The summed E-state index contributed by atoms with van der Waals surface area (Å²) in [5.41, 5.74) is 0.658. The van der Waals surface area contributed by atoms with Gasteiger partial charge in [0.15, 0.2) is 5.76 Å². The number of aromatic hydroxyl groups is 3. The molecule has 0 saturated heterocycles. The van der Waals surface area contributed by atoms with E-state index in [1.54, 1.807) is 24.4 Å². The number of H-pyrrole nitrogens is 1. The highest BCUT2D eigenvalue weighted by Crippen LogP contribution is 2.35. The third-order valence-electron chi connectivity index (χ3n) is 3.75. The molecule has 0 fully saturated rings. The topological polar surface area (TPSA) is 107 Å². The Morgan fingerprint density at radius 1 is 1.00 bits per heavy atom. The highest BCUT2D eigenvalue weighted by molar-refractivity contribution is 5.90. The second-order valence-electron chi connectivity index (χ2n) is 5.23. The van der Waals surface area contributed by atoms with Crippen molar-refractivity contribution in [2.24, 2.45) is 0 Å². The molecule has 2 aromatic heterocycles. The van der Waals surface area contributed by atoms with E-state index in [1.165, 1.54) is 6.07 Å². The molecule has 0 aliphatic heterocycles. The molecule has 0 aliphatic carbocycles. The van der Waals surface area contributed by atoms with Crippen molar-refractivity contribution in [1.29, 1.82) is 0 Å². The minimum atomic E-state index is -0.757. The lowest BCUT2D eigenvalue weighted by molar-refractivity contribution is 0.438. The first-order chi connectivity index (χ1) is 11.0. The van der Waals surface area contributed by atoms with E-state index in [2.05, 4.69) is 4.98 Å². The number of benzene rings is 2. The molecule has 23 heavy (non-hydrogen) atoms. The molecule has 0 unspecified atom stereocenters. The number of nitrogens with one attached hydrogen (secondary N) is 1. The van der Waals surface area contributed by atoms with E-state index < -0.39 is 16.9 Å². The predicted octanol–water partition coefficient (Wildman–Crippen LogP) is 3.06. The third-order valence-corrected chi connectivity index (χ3v) is 3.75. The van der Waals surface area contributed by atoms with Gasteiger partial charge in [-0.2, -0.15) is 0 Å². The second-order valence-corrected chi connectivity index (χ2v) is 5.23. The Balaban J connectivity index is 2.07. The molecular formula is C17H11NO5. The van der Waals surface area contributed by atoms with Crippen LogP contribution in [0.1, 0.15) is 0 Å². The molecule has 2 aromatic carbocycles. The van der Waals surface area contributed by atoms with Crippen LogP contribution in [0.4, 0.5) is 0 Å². The summed E-state index contributed by atoms with van der Waals surface area (Å²) in [6, 6.07) is 9.35. The summed E-state index contributed by atoms with van der Waals surface area (Å²) in [5.74, 6) is -1.29. The van der Waals surface area contributed by atoms with Gasteiger partial charge in [-0.05, 0) is 24.3 Å². The first kappa shape index (κ1) is 13.3. The molecule has 0 radical (unpaired) electrons. The van der Waals surface area contributed by atoms with Crippen molar-refractivity contribution in [3.8, 4) is 28.6 Å². The second kappa shape index (κ2) is 4.54. The zero-order valence-electron chi connectivity index (χ0n) is 11.7. The number of fused-ring (bicyclic) bond motifs is 2. The van der Waals surface area contributed by atoms with Crippen molar-refractivity contribution in [3.63, 3.8) is 0 Å². The smallest absolute Gasteiger partial charge is 0.238 e. The van der Waals surface area contributed by atoms with Gasteiger partial charge < -0.3 is 24.7 Å². The van der Waals surface area contributed by atoms with Crippen LogP contribution in [0.3, 0.4) is 0 Å². The molecule has 4 rings (SSSR count). The minimum absolute atomic E-state index is 0.00512. The normalized spacial score (nSPS) is 11.3. The van der Waals surface area contributed by atoms with Gasteiger partial charge in [0.1, 0.15) is 22.5 Å². The standard InChI is InChI=1S/C17H11NO5/c19-10-6-12(20)14-13(7-10)23-17(16(22)15(14)21)9-1-2-11-8(5-9)3-4-18-11/h1-7,18-20,22H. The molecule has 6 heteroatoms. The average Bonchev–Trinajstić information content (AvgIpc) is 2.97. The Labute approximate surface area is 128 Å². The summed E-state index contributed by atoms with van der Waals surface area (Å²) in [7, 11) is 0. The molecule has 0 atom stereocenters. The van der Waals surface area contributed by atoms with Crippen LogP contribution in [-0.2, 0) is 0 Å². The van der Waals surface area contributed by atoms with E-state index in [9.17, 15) is 20.1 Å². The van der Waals surface area contributed by atoms with Gasteiger partial charge in [-0.15, -0.1) is 0 Å². The lowest BCUT2D eigenvalue weighted by atomic mass is 10.1. The van der Waals surface area contributed by atoms with E-state index in [0.717, 1.165) is 17.0 Å². The van der Waals surface area contributed by atoms with Crippen LogP contribution in [-0.4, -0.2) is 20.3 Å². The number of aromatic nitrogens is 1. The lowest BCUT2D eigenvalue weighted by Gasteiger charge is -2.07. The number of hydrogen-bond acceptors (Lipinski definition) is 5. The van der Waals surface area contributed by atoms with Crippen molar-refractivity contribution in [2.75, 3.05) is 0 Å². The van der Waals surface area contributed by atoms with E-state index in [0.29, 0.717) is 5.56 Å². The predicted molar refractivity (Wildman–Crippen MR) is 84.8 cm³/mol. The van der Waals surface area contributed by atoms with Gasteiger partial charge in [0.2, 0.25) is 11.2 Å². The SMILES string of the molecule is O=c1c(O)c(-c2ccc3[nH]ccc3c2)oc2cc(O)cc(O)c12. The van der Waals surface area contributed by atoms with Crippen LogP contribution < -0.4 is 5.43 Å². The van der Waals surface area contributed by atoms with Crippen molar-refractivity contribution in [2.45, 2.75) is 0 Å². The summed E-state index contributed by atoms with van der Waals surface area (Å²) in [6.07, 6.45) is 1.78. The van der Waals surface area contributed by atoms with Gasteiger partial charge in [-0.1, -0.05) is 0 Å². The van der Waals surface area contributed by atoms with Gasteiger partial charge in [0, 0.05) is 34.8 Å². The first-order valence-corrected chi connectivity index (χ1v) is 6.84. The Bertz CT molecular complexity index is 1120. The van der Waals surface area contributed by atoms with E-state index in [4.69, 9.17) is 4.42 Å². The lowest BCUT2D eigenvalue weighted by Crippen LogP contribution is -2.02. The Hall–Kier alpha value is -3.41. The number of hydrogen-bond donors (Lipinski definition) is 4. The molecule has 2 heterocycles. The summed E-state index contributed by atoms with van der Waals surface area (Å²) >= 11 is 0. The van der Waals surface area contributed by atoms with Crippen LogP contribution in [0.15, 0.2) is 51.8 Å². The maximum atomic E-state index is 12.3. The number of aromatic amines is 1. The number of phenols is 2. The van der Waals surface area contributed by atoms with Crippen LogP contribution in [0.2, 0.25) is 0 Å². The van der Waals surface area contributed by atoms with Crippen LogP contribution in [0, 0.1) is 0 Å². The molecule has 4 aromatic rings. The van der Waals surface area contributed by atoms with Gasteiger partial charge in [0.25, 0.3) is 0 Å². The fourth-order valence-corrected chi connectivity index (χ4v) is 2.67. The van der Waals surface area contributed by atoms with Gasteiger partial charge >= 0.3 is 0 Å². The van der Waals surface area contributed by atoms with Crippen molar-refractivity contribution in [3.05, 3.63) is 52.8 Å². The Kier molecular flexibility index (Phi) is 2.62. The Morgan fingerprint density at radius 2 is 1.83 bits per heavy atom. The maximum Gasteiger partial charge on any atom is 0.238 e. The quantitative estimate of drug-likeness (QED) is 0.432. The van der Waals surface area contributed by atoms with Crippen molar-refractivity contribution >= 4 is 21.9 Å². The van der Waals surface area contributed by atoms with E-state index in [-0.39, 0.29) is 22.5 Å².